The highest BCUT2D eigenvalue weighted by molar-refractivity contribution is 7.53. The second-order valence-corrected chi connectivity index (χ2v) is 16.2. The minimum absolute atomic E-state index is 0.0168. The molecule has 10 nitrogen and oxygen atoms in total. The number of carbonyl (C=O) groups excluding carboxylic acids is 1. The number of hydrogen-bond acceptors (Lipinski definition) is 8. The quantitative estimate of drug-likeness (QED) is 0.355. The lowest BCUT2D eigenvalue weighted by Gasteiger charge is -2.36. The molecule has 0 bridgehead atoms. The minimum Gasteiger partial charge on any atom is -0.530 e. The first kappa shape index (κ1) is 27.0. The van der Waals surface area contributed by atoms with Crippen LogP contribution < -0.4 is 10.2 Å². The number of ether oxygens (including phenoxy) is 2. The van der Waals surface area contributed by atoms with Crippen LogP contribution in [0, 0.1) is 5.92 Å². The average Bonchev–Trinajstić information content (AvgIpc) is 3.22. The van der Waals surface area contributed by atoms with Crippen molar-refractivity contribution in [3.05, 3.63) is 12.0 Å². The van der Waals surface area contributed by atoms with E-state index in [1.807, 2.05) is 6.92 Å². The first-order valence-corrected chi connectivity index (χ1v) is 15.6. The molecule has 32 heavy (non-hydrogen) atoms. The third kappa shape index (κ3) is 6.21. The summed E-state index contributed by atoms with van der Waals surface area (Å²) in [4.78, 5) is 16.2. The Kier molecular flexibility index (Phi) is 8.74. The van der Waals surface area contributed by atoms with Gasteiger partial charge in [-0.3, -0.25) is 13.9 Å². The molecule has 1 aliphatic rings. The molecule has 0 aromatic carbocycles. The average molecular weight is 492 g/mol. The Morgan fingerprint density at radius 3 is 2.41 bits per heavy atom. The molecule has 2 heterocycles. The summed E-state index contributed by atoms with van der Waals surface area (Å²) in [7, 11) is -5.64. The zero-order valence-corrected chi connectivity index (χ0v) is 22.3. The van der Waals surface area contributed by atoms with Gasteiger partial charge in [-0.2, -0.15) is 0 Å². The van der Waals surface area contributed by atoms with Crippen LogP contribution in [0.25, 0.3) is 0 Å². The maximum absolute atomic E-state index is 12.7. The fourth-order valence-corrected chi connectivity index (χ4v) is 5.38. The van der Waals surface area contributed by atoms with E-state index in [4.69, 9.17) is 28.7 Å². The number of imidazole rings is 1. The third-order valence-corrected chi connectivity index (χ3v) is 11.9. The number of nitrogens with zero attached hydrogens (tertiary/aromatic N) is 2. The van der Waals surface area contributed by atoms with E-state index >= 15 is 0 Å². The van der Waals surface area contributed by atoms with Crippen molar-refractivity contribution in [3.63, 3.8) is 0 Å². The standard InChI is InChI=1S/C20H38N3O7PSi/c1-9-27-31(25,28-10-2)13-26-19-14(3)11-15(29-19)23-12-22-16(17(21)24)18(23)30-32(7,8)20(4,5)6/h12,14-15,19H,9-11,13H2,1-8H3,(H2,21,24)/t14-,15+,19-/m0/s1. The van der Waals surface area contributed by atoms with E-state index in [1.165, 1.54) is 6.33 Å². The van der Waals surface area contributed by atoms with Crippen LogP contribution in [-0.4, -0.2) is 49.6 Å². The number of carbonyl (C=O) groups is 1. The molecule has 2 N–H and O–H groups in total. The Hall–Kier alpha value is -1.23. The van der Waals surface area contributed by atoms with Gasteiger partial charge in [-0.15, -0.1) is 0 Å². The van der Waals surface area contributed by atoms with Crippen LogP contribution in [0.1, 0.15) is 64.7 Å². The molecule has 1 fully saturated rings. The molecule has 0 spiro atoms. The van der Waals surface area contributed by atoms with Gasteiger partial charge in [0.05, 0.1) is 13.2 Å². The Bertz CT molecular complexity index is 830. The Morgan fingerprint density at radius 2 is 1.91 bits per heavy atom. The van der Waals surface area contributed by atoms with Crippen molar-refractivity contribution >= 4 is 21.8 Å². The normalized spacial score (nSPS) is 22.3. The zero-order valence-electron chi connectivity index (χ0n) is 20.4. The first-order valence-electron chi connectivity index (χ1n) is 11.0. The van der Waals surface area contributed by atoms with E-state index in [1.54, 1.807) is 18.4 Å². The molecule has 1 aromatic rings. The molecule has 1 aromatic heterocycles. The Balaban J connectivity index is 2.22. The summed E-state index contributed by atoms with van der Waals surface area (Å²) in [6.07, 6.45) is 0.775. The van der Waals surface area contributed by atoms with Gasteiger partial charge >= 0.3 is 7.60 Å². The smallest absolute Gasteiger partial charge is 0.356 e. The molecule has 0 saturated carbocycles. The van der Waals surface area contributed by atoms with Crippen molar-refractivity contribution in [3.8, 4) is 5.88 Å². The Labute approximate surface area is 191 Å². The summed E-state index contributed by atoms with van der Waals surface area (Å²) in [5.41, 5.74) is 5.63. The highest BCUT2D eigenvalue weighted by Crippen LogP contribution is 2.49. The van der Waals surface area contributed by atoms with Gasteiger partial charge in [-0.25, -0.2) is 4.98 Å². The van der Waals surface area contributed by atoms with Crippen molar-refractivity contribution in [1.82, 2.24) is 9.55 Å². The van der Waals surface area contributed by atoms with Crippen LogP contribution in [-0.2, 0) is 23.1 Å². The second-order valence-electron chi connectivity index (χ2n) is 9.45. The molecule has 184 valence electrons. The van der Waals surface area contributed by atoms with E-state index in [-0.39, 0.29) is 36.2 Å². The van der Waals surface area contributed by atoms with E-state index < -0.39 is 34.3 Å². The first-order chi connectivity index (χ1) is 14.7. The fraction of sp³-hybridized carbons (Fsp3) is 0.800. The highest BCUT2D eigenvalue weighted by atomic mass is 31.2. The second kappa shape index (κ2) is 10.4. The molecule has 2 rings (SSSR count). The van der Waals surface area contributed by atoms with Gasteiger partial charge in [0.15, 0.2) is 18.3 Å². The lowest BCUT2D eigenvalue weighted by molar-refractivity contribution is -0.154. The molecule has 1 aliphatic heterocycles. The third-order valence-electron chi connectivity index (χ3n) is 5.83. The van der Waals surface area contributed by atoms with Gasteiger partial charge in [0, 0.05) is 12.3 Å². The SMILES string of the molecule is CCOP(=O)(CO[C@H]1O[C@@H](n2cnc(C(N)=O)c2O[Si](C)(C)C(C)(C)C)C[C@@H]1C)OCC. The lowest BCUT2D eigenvalue weighted by Crippen LogP contribution is -2.45. The number of aromatic nitrogens is 2. The van der Waals surface area contributed by atoms with E-state index in [9.17, 15) is 9.36 Å². The number of rotatable bonds is 11. The van der Waals surface area contributed by atoms with E-state index in [2.05, 4.69) is 38.8 Å². The zero-order chi connectivity index (χ0) is 24.3. The molecule has 3 atom stereocenters. The van der Waals surface area contributed by atoms with Gasteiger partial charge in [-0.1, -0.05) is 27.7 Å². The van der Waals surface area contributed by atoms with Crippen LogP contribution >= 0.6 is 7.60 Å². The topological polar surface area (TPSA) is 124 Å². The number of amides is 1. The van der Waals surface area contributed by atoms with Crippen LogP contribution in [0.5, 0.6) is 5.88 Å². The van der Waals surface area contributed by atoms with Crippen LogP contribution in [0.4, 0.5) is 0 Å². The van der Waals surface area contributed by atoms with Gasteiger partial charge in [0.1, 0.15) is 12.6 Å². The number of primary amides is 1. The van der Waals surface area contributed by atoms with Crippen molar-refractivity contribution in [2.75, 3.05) is 19.6 Å². The lowest BCUT2D eigenvalue weighted by atomic mass is 10.1. The summed E-state index contributed by atoms with van der Waals surface area (Å²) in [6.45, 7) is 16.5. The summed E-state index contributed by atoms with van der Waals surface area (Å²) in [6, 6.07) is 0. The van der Waals surface area contributed by atoms with Gasteiger partial charge in [-0.05, 0) is 32.0 Å². The maximum atomic E-state index is 12.7. The fourth-order valence-electron chi connectivity index (χ4n) is 3.05. The Morgan fingerprint density at radius 1 is 1.31 bits per heavy atom. The molecule has 0 unspecified atom stereocenters. The maximum Gasteiger partial charge on any atom is 0.356 e. The van der Waals surface area contributed by atoms with E-state index in [0.717, 1.165) is 0 Å². The number of nitrogens with two attached hydrogens (primary N) is 1. The predicted octanol–water partition coefficient (Wildman–Crippen LogP) is 4.49. The largest absolute Gasteiger partial charge is 0.530 e. The summed E-state index contributed by atoms with van der Waals surface area (Å²) in [5, 5.41) is -0.0911. The molecular weight excluding hydrogens is 453 g/mol. The molecular formula is C20H38N3O7PSi. The molecule has 1 saturated heterocycles. The van der Waals surface area contributed by atoms with Crippen molar-refractivity contribution < 1.29 is 32.3 Å². The predicted molar refractivity (Wildman–Crippen MR) is 123 cm³/mol. The molecule has 12 heteroatoms. The summed E-state index contributed by atoms with van der Waals surface area (Å²) >= 11 is 0. The van der Waals surface area contributed by atoms with E-state index in [0.29, 0.717) is 12.3 Å². The van der Waals surface area contributed by atoms with Crippen molar-refractivity contribution in [1.29, 1.82) is 0 Å². The van der Waals surface area contributed by atoms with Crippen LogP contribution in [0.15, 0.2) is 6.33 Å². The van der Waals surface area contributed by atoms with Crippen molar-refractivity contribution in [2.45, 2.75) is 78.6 Å². The molecule has 0 radical (unpaired) electrons. The molecule has 1 amide bonds. The number of hydrogen-bond donors (Lipinski definition) is 1. The van der Waals surface area contributed by atoms with Crippen LogP contribution in [0.3, 0.4) is 0 Å². The summed E-state index contributed by atoms with van der Waals surface area (Å²) < 4.78 is 43.3. The van der Waals surface area contributed by atoms with Crippen molar-refractivity contribution in [2.24, 2.45) is 11.7 Å². The van der Waals surface area contributed by atoms with Crippen LogP contribution in [0.2, 0.25) is 18.1 Å². The van der Waals surface area contributed by atoms with Gasteiger partial charge in [0.25, 0.3) is 14.2 Å². The monoisotopic (exact) mass is 491 g/mol. The summed E-state index contributed by atoms with van der Waals surface area (Å²) in [5.74, 6) is -0.362. The highest BCUT2D eigenvalue weighted by Gasteiger charge is 2.43. The van der Waals surface area contributed by atoms with Gasteiger partial charge < -0.3 is 28.7 Å². The molecule has 0 aliphatic carbocycles. The van der Waals surface area contributed by atoms with Gasteiger partial charge in [0.2, 0.25) is 5.88 Å². The minimum atomic E-state index is -3.36.